The van der Waals surface area contributed by atoms with Gasteiger partial charge in [-0.2, -0.15) is 5.10 Å². The van der Waals surface area contributed by atoms with Gasteiger partial charge >= 0.3 is 0 Å². The molecule has 3 N–H and O–H groups in total. The third-order valence-electron chi connectivity index (χ3n) is 3.40. The Labute approximate surface area is 118 Å². The topological polar surface area (TPSA) is 85.3 Å². The van der Waals surface area contributed by atoms with Crippen LogP contribution in [0.2, 0.25) is 0 Å². The van der Waals surface area contributed by atoms with Crippen LogP contribution in [0.5, 0.6) is 0 Å². The third kappa shape index (κ3) is 2.65. The van der Waals surface area contributed by atoms with Gasteiger partial charge in [0.05, 0.1) is 6.20 Å². The summed E-state index contributed by atoms with van der Waals surface area (Å²) in [4.78, 5) is 16.8. The molecule has 0 bridgehead atoms. The van der Waals surface area contributed by atoms with Gasteiger partial charge in [0.1, 0.15) is 5.56 Å². The minimum Gasteiger partial charge on any atom is -0.348 e. The molecule has 0 radical (unpaired) electrons. The number of carbonyl (C=O) groups is 1. The van der Waals surface area contributed by atoms with Crippen molar-refractivity contribution in [1.82, 2.24) is 19.9 Å². The van der Waals surface area contributed by atoms with Gasteiger partial charge in [-0.3, -0.25) is 4.79 Å². The molecule has 0 aliphatic carbocycles. The summed E-state index contributed by atoms with van der Waals surface area (Å²) in [5, 5.41) is 7.16. The van der Waals surface area contributed by atoms with Gasteiger partial charge < -0.3 is 11.1 Å². The highest BCUT2D eigenvalue weighted by Gasteiger charge is 2.19. The summed E-state index contributed by atoms with van der Waals surface area (Å²) in [6.07, 6.45) is 1.55. The second-order valence-corrected chi connectivity index (χ2v) is 5.39. The lowest BCUT2D eigenvalue weighted by molar-refractivity contribution is 0.0929. The van der Waals surface area contributed by atoms with Gasteiger partial charge in [0.2, 0.25) is 0 Å². The monoisotopic (exact) mass is 275 g/mol. The minimum absolute atomic E-state index is 0.0524. The molecule has 1 atom stereocenters. The quantitative estimate of drug-likeness (QED) is 0.873. The van der Waals surface area contributed by atoms with E-state index in [0.29, 0.717) is 17.8 Å². The predicted molar refractivity (Wildman–Crippen MR) is 77.6 cm³/mol. The van der Waals surface area contributed by atoms with Crippen LogP contribution in [0.1, 0.15) is 35.6 Å². The van der Waals surface area contributed by atoms with Crippen molar-refractivity contribution in [2.24, 2.45) is 11.7 Å². The number of nitrogens with two attached hydrogens (primary N) is 1. The molecule has 0 saturated carbocycles. The maximum absolute atomic E-state index is 12.4. The first kappa shape index (κ1) is 14.5. The van der Waals surface area contributed by atoms with Gasteiger partial charge in [0, 0.05) is 24.0 Å². The first-order chi connectivity index (χ1) is 9.43. The van der Waals surface area contributed by atoms with Crippen molar-refractivity contribution >= 4 is 11.6 Å². The number of carbonyl (C=O) groups excluding carboxylic acids is 1. The number of nitrogens with one attached hydrogen (secondary N) is 1. The number of hydrogen-bond acceptors (Lipinski definition) is 4. The normalized spacial score (nSPS) is 12.9. The van der Waals surface area contributed by atoms with E-state index in [-0.39, 0.29) is 17.9 Å². The molecule has 0 fully saturated rings. The molecular weight excluding hydrogens is 254 g/mol. The predicted octanol–water partition coefficient (Wildman–Crippen LogP) is 1.06. The fourth-order valence-corrected chi connectivity index (χ4v) is 2.17. The summed E-state index contributed by atoms with van der Waals surface area (Å²) < 4.78 is 1.68. The van der Waals surface area contributed by atoms with E-state index in [0.717, 1.165) is 11.4 Å². The number of fused-ring (bicyclic) bond motifs is 1. The molecule has 0 aromatic carbocycles. The van der Waals surface area contributed by atoms with Crippen LogP contribution >= 0.6 is 0 Å². The van der Waals surface area contributed by atoms with Gasteiger partial charge in [0.25, 0.3) is 5.91 Å². The molecular formula is C14H21N5O. The summed E-state index contributed by atoms with van der Waals surface area (Å²) in [5.74, 6) is 0.101. The Morgan fingerprint density at radius 2 is 2.15 bits per heavy atom. The number of hydrogen-bond donors (Lipinski definition) is 2. The first-order valence-electron chi connectivity index (χ1n) is 6.77. The van der Waals surface area contributed by atoms with E-state index in [9.17, 15) is 4.79 Å². The highest BCUT2D eigenvalue weighted by Crippen LogP contribution is 2.12. The zero-order valence-corrected chi connectivity index (χ0v) is 12.3. The summed E-state index contributed by atoms with van der Waals surface area (Å²) in [5.41, 5.74) is 8.56. The van der Waals surface area contributed by atoms with Crippen molar-refractivity contribution in [2.45, 2.75) is 33.7 Å². The molecule has 2 aromatic rings. The zero-order valence-electron chi connectivity index (χ0n) is 12.3. The molecule has 6 nitrogen and oxygen atoms in total. The maximum atomic E-state index is 12.4. The number of amides is 1. The molecule has 0 spiro atoms. The smallest absolute Gasteiger partial charge is 0.257 e. The van der Waals surface area contributed by atoms with Crippen molar-refractivity contribution in [3.8, 4) is 0 Å². The van der Waals surface area contributed by atoms with Crippen LogP contribution in [0.4, 0.5) is 0 Å². The SMILES string of the molecule is Cc1cc(C)n2ncc(C(=O)NC(CN)C(C)C)c2n1. The van der Waals surface area contributed by atoms with Crippen molar-refractivity contribution in [1.29, 1.82) is 0 Å². The Kier molecular flexibility index (Phi) is 4.04. The number of nitrogens with zero attached hydrogens (tertiary/aromatic N) is 3. The molecule has 2 rings (SSSR count). The Hall–Kier alpha value is -1.95. The Morgan fingerprint density at radius 3 is 2.75 bits per heavy atom. The fraction of sp³-hybridized carbons (Fsp3) is 0.500. The van der Waals surface area contributed by atoms with Crippen LogP contribution in [0, 0.1) is 19.8 Å². The largest absolute Gasteiger partial charge is 0.348 e. The second kappa shape index (κ2) is 5.58. The van der Waals surface area contributed by atoms with Crippen LogP contribution < -0.4 is 11.1 Å². The fourth-order valence-electron chi connectivity index (χ4n) is 2.17. The summed E-state index contributed by atoms with van der Waals surface area (Å²) in [7, 11) is 0. The molecule has 2 heterocycles. The minimum atomic E-state index is -0.179. The second-order valence-electron chi connectivity index (χ2n) is 5.39. The van der Waals surface area contributed by atoms with Crippen LogP contribution in [-0.4, -0.2) is 33.1 Å². The maximum Gasteiger partial charge on any atom is 0.257 e. The van der Waals surface area contributed by atoms with Gasteiger partial charge in [-0.1, -0.05) is 13.8 Å². The average molecular weight is 275 g/mol. The van der Waals surface area contributed by atoms with Crippen molar-refractivity contribution in [3.05, 3.63) is 29.2 Å². The van der Waals surface area contributed by atoms with Crippen LogP contribution in [0.3, 0.4) is 0 Å². The lowest BCUT2D eigenvalue weighted by Crippen LogP contribution is -2.43. The van der Waals surface area contributed by atoms with Crippen LogP contribution in [0.25, 0.3) is 5.65 Å². The van der Waals surface area contributed by atoms with E-state index in [4.69, 9.17) is 5.73 Å². The molecule has 0 aliphatic rings. The Morgan fingerprint density at radius 1 is 1.45 bits per heavy atom. The summed E-state index contributed by atoms with van der Waals surface area (Å²) >= 11 is 0. The summed E-state index contributed by atoms with van der Waals surface area (Å²) in [6, 6.07) is 1.88. The lowest BCUT2D eigenvalue weighted by Gasteiger charge is -2.20. The van der Waals surface area contributed by atoms with E-state index in [1.54, 1.807) is 10.7 Å². The first-order valence-corrected chi connectivity index (χ1v) is 6.77. The van der Waals surface area contributed by atoms with Crippen molar-refractivity contribution in [2.75, 3.05) is 6.54 Å². The third-order valence-corrected chi connectivity index (χ3v) is 3.40. The standard InChI is InChI=1S/C14H21N5O/c1-8(2)12(6-15)18-14(20)11-7-16-19-10(4)5-9(3)17-13(11)19/h5,7-8,12H,6,15H2,1-4H3,(H,18,20). The van der Waals surface area contributed by atoms with Crippen LogP contribution in [0.15, 0.2) is 12.3 Å². The Balaban J connectivity index is 2.36. The van der Waals surface area contributed by atoms with Crippen molar-refractivity contribution < 1.29 is 4.79 Å². The van der Waals surface area contributed by atoms with Gasteiger partial charge in [-0.15, -0.1) is 0 Å². The van der Waals surface area contributed by atoms with E-state index < -0.39 is 0 Å². The zero-order chi connectivity index (χ0) is 14.9. The molecule has 0 aliphatic heterocycles. The molecule has 20 heavy (non-hydrogen) atoms. The average Bonchev–Trinajstić information content (AvgIpc) is 2.79. The highest BCUT2D eigenvalue weighted by molar-refractivity contribution is 5.99. The molecule has 1 amide bonds. The molecule has 2 aromatic heterocycles. The Bertz CT molecular complexity index is 632. The molecule has 108 valence electrons. The number of aromatic nitrogens is 3. The van der Waals surface area contributed by atoms with Gasteiger partial charge in [-0.25, -0.2) is 9.50 Å². The van der Waals surface area contributed by atoms with Crippen molar-refractivity contribution in [3.63, 3.8) is 0 Å². The van der Waals surface area contributed by atoms with E-state index >= 15 is 0 Å². The number of rotatable bonds is 4. The van der Waals surface area contributed by atoms with E-state index in [1.165, 1.54) is 0 Å². The van der Waals surface area contributed by atoms with E-state index in [1.807, 2.05) is 33.8 Å². The highest BCUT2D eigenvalue weighted by atomic mass is 16.1. The molecule has 6 heteroatoms. The van der Waals surface area contributed by atoms with E-state index in [2.05, 4.69) is 15.4 Å². The van der Waals surface area contributed by atoms with Crippen LogP contribution in [-0.2, 0) is 0 Å². The molecule has 1 unspecified atom stereocenters. The van der Waals surface area contributed by atoms with Gasteiger partial charge in [0.15, 0.2) is 5.65 Å². The summed E-state index contributed by atoms with van der Waals surface area (Å²) in [6.45, 7) is 8.31. The van der Waals surface area contributed by atoms with Gasteiger partial charge in [-0.05, 0) is 25.8 Å². The molecule has 0 saturated heterocycles. The lowest BCUT2D eigenvalue weighted by atomic mass is 10.0. The number of aryl methyl sites for hydroxylation is 2.